The van der Waals surface area contributed by atoms with E-state index in [1.807, 2.05) is 12.5 Å². The van der Waals surface area contributed by atoms with Crippen LogP contribution < -0.4 is 5.73 Å². The summed E-state index contributed by atoms with van der Waals surface area (Å²) in [4.78, 5) is 4.38. The summed E-state index contributed by atoms with van der Waals surface area (Å²) in [7, 11) is 0. The van der Waals surface area contributed by atoms with E-state index in [0.29, 0.717) is 18.4 Å². The van der Waals surface area contributed by atoms with Crippen molar-refractivity contribution in [3.05, 3.63) is 18.2 Å². The predicted molar refractivity (Wildman–Crippen MR) is 84.6 cm³/mol. The normalized spacial score (nSPS) is 25.1. The van der Waals surface area contributed by atoms with Crippen molar-refractivity contribution >= 4 is 0 Å². The molecule has 1 atom stereocenters. The van der Waals surface area contributed by atoms with Crippen LogP contribution in [0.2, 0.25) is 0 Å². The Morgan fingerprint density at radius 2 is 1.90 bits per heavy atom. The highest BCUT2D eigenvalue weighted by atomic mass is 15.1. The summed E-state index contributed by atoms with van der Waals surface area (Å²) in [5, 5.41) is 0. The van der Waals surface area contributed by atoms with Gasteiger partial charge in [0.2, 0.25) is 0 Å². The van der Waals surface area contributed by atoms with Crippen LogP contribution >= 0.6 is 0 Å². The zero-order valence-corrected chi connectivity index (χ0v) is 13.4. The van der Waals surface area contributed by atoms with Crippen molar-refractivity contribution in [1.82, 2.24) is 9.55 Å². The molecule has 2 N–H and O–H groups in total. The average Bonchev–Trinajstić information content (AvgIpc) is 2.88. The summed E-state index contributed by atoms with van der Waals surface area (Å²) in [5.74, 6) is 2.81. The van der Waals surface area contributed by atoms with Crippen LogP contribution in [-0.4, -0.2) is 16.1 Å². The predicted octanol–water partition coefficient (Wildman–Crippen LogP) is 3.80. The van der Waals surface area contributed by atoms with Crippen molar-refractivity contribution in [2.45, 2.75) is 65.3 Å². The zero-order valence-electron chi connectivity index (χ0n) is 13.4. The van der Waals surface area contributed by atoms with E-state index in [2.05, 4.69) is 30.3 Å². The van der Waals surface area contributed by atoms with Crippen LogP contribution in [0.15, 0.2) is 12.5 Å². The second-order valence-electron chi connectivity index (χ2n) is 6.85. The second-order valence-corrected chi connectivity index (χ2v) is 6.85. The van der Waals surface area contributed by atoms with E-state index in [4.69, 9.17) is 5.73 Å². The van der Waals surface area contributed by atoms with Crippen LogP contribution in [-0.2, 0) is 6.54 Å². The van der Waals surface area contributed by atoms with Gasteiger partial charge >= 0.3 is 0 Å². The molecule has 1 aliphatic carbocycles. The number of hydrogen-bond acceptors (Lipinski definition) is 2. The Kier molecular flexibility index (Phi) is 5.64. The highest BCUT2D eigenvalue weighted by Gasteiger charge is 2.23. The fourth-order valence-corrected chi connectivity index (χ4v) is 3.63. The molecule has 0 aliphatic heterocycles. The van der Waals surface area contributed by atoms with Gasteiger partial charge in [-0.15, -0.1) is 0 Å². The maximum absolute atomic E-state index is 5.96. The molecular formula is C17H31N3. The molecule has 2 rings (SSSR count). The highest BCUT2D eigenvalue weighted by molar-refractivity contribution is 5.08. The molecule has 0 aromatic carbocycles. The number of rotatable bonds is 6. The van der Waals surface area contributed by atoms with E-state index in [1.165, 1.54) is 37.8 Å². The standard InChI is InChI=1S/C17H31N3/c1-4-14-5-7-15(8-6-14)11-20-12-19-10-17(20)16(9-18)13(2)3/h10,12-16H,4-9,11,18H2,1-3H3. The topological polar surface area (TPSA) is 43.8 Å². The summed E-state index contributed by atoms with van der Waals surface area (Å²) >= 11 is 0. The number of nitrogens with zero attached hydrogens (tertiary/aromatic N) is 2. The largest absolute Gasteiger partial charge is 0.334 e. The third-order valence-electron chi connectivity index (χ3n) is 5.18. The maximum atomic E-state index is 5.96. The molecule has 0 radical (unpaired) electrons. The fourth-order valence-electron chi connectivity index (χ4n) is 3.63. The van der Waals surface area contributed by atoms with Crippen molar-refractivity contribution in [2.24, 2.45) is 23.5 Å². The van der Waals surface area contributed by atoms with Crippen molar-refractivity contribution in [3.8, 4) is 0 Å². The van der Waals surface area contributed by atoms with E-state index < -0.39 is 0 Å². The number of imidazole rings is 1. The molecule has 1 unspecified atom stereocenters. The molecule has 3 heteroatoms. The first-order valence-electron chi connectivity index (χ1n) is 8.35. The second kappa shape index (κ2) is 7.26. The van der Waals surface area contributed by atoms with Gasteiger partial charge < -0.3 is 10.3 Å². The highest BCUT2D eigenvalue weighted by Crippen LogP contribution is 2.32. The number of nitrogens with two attached hydrogens (primary N) is 1. The quantitative estimate of drug-likeness (QED) is 0.859. The van der Waals surface area contributed by atoms with Crippen LogP contribution in [0.1, 0.15) is 64.5 Å². The maximum Gasteiger partial charge on any atom is 0.0948 e. The van der Waals surface area contributed by atoms with Crippen LogP contribution in [0.5, 0.6) is 0 Å². The minimum absolute atomic E-state index is 0.435. The average molecular weight is 277 g/mol. The lowest BCUT2D eigenvalue weighted by Gasteiger charge is -2.29. The number of aromatic nitrogens is 2. The summed E-state index contributed by atoms with van der Waals surface area (Å²) in [5.41, 5.74) is 7.30. The van der Waals surface area contributed by atoms with E-state index in [-0.39, 0.29) is 0 Å². The number of hydrogen-bond donors (Lipinski definition) is 1. The Morgan fingerprint density at radius 1 is 1.25 bits per heavy atom. The first kappa shape index (κ1) is 15.6. The molecule has 1 heterocycles. The fraction of sp³-hybridized carbons (Fsp3) is 0.824. The van der Waals surface area contributed by atoms with Crippen molar-refractivity contribution in [1.29, 1.82) is 0 Å². The smallest absolute Gasteiger partial charge is 0.0948 e. The van der Waals surface area contributed by atoms with Crippen LogP contribution in [0.4, 0.5) is 0 Å². The van der Waals surface area contributed by atoms with Gasteiger partial charge in [-0.05, 0) is 30.6 Å². The van der Waals surface area contributed by atoms with Gasteiger partial charge in [0.1, 0.15) is 0 Å². The van der Waals surface area contributed by atoms with Crippen molar-refractivity contribution in [2.75, 3.05) is 6.54 Å². The lowest BCUT2D eigenvalue weighted by atomic mass is 9.80. The Labute approximate surface area is 124 Å². The Balaban J connectivity index is 1.99. The van der Waals surface area contributed by atoms with E-state index in [0.717, 1.165) is 18.4 Å². The summed E-state index contributed by atoms with van der Waals surface area (Å²) in [6.07, 6.45) is 11.0. The minimum Gasteiger partial charge on any atom is -0.334 e. The summed E-state index contributed by atoms with van der Waals surface area (Å²) < 4.78 is 2.37. The van der Waals surface area contributed by atoms with Gasteiger partial charge in [-0.2, -0.15) is 0 Å². The zero-order chi connectivity index (χ0) is 14.5. The SMILES string of the molecule is CCC1CCC(Cn2cncc2C(CN)C(C)C)CC1. The third kappa shape index (κ3) is 3.63. The van der Waals surface area contributed by atoms with E-state index in [9.17, 15) is 0 Å². The molecule has 1 fully saturated rings. The monoisotopic (exact) mass is 277 g/mol. The third-order valence-corrected chi connectivity index (χ3v) is 5.18. The Bertz CT molecular complexity index is 389. The van der Waals surface area contributed by atoms with Crippen LogP contribution in [0.25, 0.3) is 0 Å². The molecule has 1 aliphatic rings. The molecule has 0 amide bonds. The van der Waals surface area contributed by atoms with Crippen LogP contribution in [0.3, 0.4) is 0 Å². The molecule has 0 bridgehead atoms. The molecule has 1 saturated carbocycles. The molecule has 114 valence electrons. The van der Waals surface area contributed by atoms with Gasteiger partial charge in [0.25, 0.3) is 0 Å². The molecule has 1 aromatic rings. The van der Waals surface area contributed by atoms with Gasteiger partial charge in [0.05, 0.1) is 6.33 Å². The van der Waals surface area contributed by atoms with Gasteiger partial charge in [-0.3, -0.25) is 0 Å². The minimum atomic E-state index is 0.435. The van der Waals surface area contributed by atoms with Gasteiger partial charge in [0.15, 0.2) is 0 Å². The van der Waals surface area contributed by atoms with Crippen molar-refractivity contribution in [3.63, 3.8) is 0 Å². The molecule has 3 nitrogen and oxygen atoms in total. The van der Waals surface area contributed by atoms with Gasteiger partial charge in [0, 0.05) is 30.9 Å². The Hall–Kier alpha value is -0.830. The van der Waals surface area contributed by atoms with Gasteiger partial charge in [-0.25, -0.2) is 4.98 Å². The lowest BCUT2D eigenvalue weighted by molar-refractivity contribution is 0.244. The van der Waals surface area contributed by atoms with Crippen molar-refractivity contribution < 1.29 is 0 Å². The lowest BCUT2D eigenvalue weighted by Crippen LogP contribution is -2.24. The van der Waals surface area contributed by atoms with Gasteiger partial charge in [-0.1, -0.05) is 40.0 Å². The molecule has 1 aromatic heterocycles. The van der Waals surface area contributed by atoms with Crippen LogP contribution in [0, 0.1) is 17.8 Å². The first-order valence-corrected chi connectivity index (χ1v) is 8.35. The molecule has 0 saturated heterocycles. The molecule has 0 spiro atoms. The Morgan fingerprint density at radius 3 is 2.45 bits per heavy atom. The molecular weight excluding hydrogens is 246 g/mol. The summed E-state index contributed by atoms with van der Waals surface area (Å²) in [6, 6.07) is 0. The van der Waals surface area contributed by atoms with E-state index in [1.54, 1.807) is 0 Å². The molecule has 20 heavy (non-hydrogen) atoms. The van der Waals surface area contributed by atoms with E-state index >= 15 is 0 Å². The summed E-state index contributed by atoms with van der Waals surface area (Å²) in [6.45, 7) is 8.68. The first-order chi connectivity index (χ1) is 9.65.